The molecule has 0 atom stereocenters. The van der Waals surface area contributed by atoms with E-state index < -0.39 is 23.1 Å². The summed E-state index contributed by atoms with van der Waals surface area (Å²) in [4.78, 5) is 27.7. The number of nitrogens with zero attached hydrogens (tertiary/aromatic N) is 1. The number of esters is 1. The summed E-state index contributed by atoms with van der Waals surface area (Å²) in [6, 6.07) is 0. The van der Waals surface area contributed by atoms with Gasteiger partial charge in [0.05, 0.1) is 6.61 Å². The van der Waals surface area contributed by atoms with Gasteiger partial charge in [0.1, 0.15) is 10.6 Å². The van der Waals surface area contributed by atoms with Gasteiger partial charge in [-0.15, -0.1) is 11.3 Å². The maximum Gasteiger partial charge on any atom is 0.407 e. The first-order valence-corrected chi connectivity index (χ1v) is 8.03. The van der Waals surface area contributed by atoms with E-state index in [0.717, 1.165) is 5.01 Å². The maximum atomic E-state index is 11.7. The second-order valence-electron chi connectivity index (χ2n) is 6.50. The predicted molar refractivity (Wildman–Crippen MR) is 85.3 cm³/mol. The number of alkyl carbamates (subject to hydrolysis) is 1. The van der Waals surface area contributed by atoms with Gasteiger partial charge in [-0.3, -0.25) is 0 Å². The first-order chi connectivity index (χ1) is 10.0. The molecular weight excluding hydrogens is 304 g/mol. The highest BCUT2D eigenvalue weighted by atomic mass is 32.1. The van der Waals surface area contributed by atoms with E-state index >= 15 is 0 Å². The van der Waals surface area contributed by atoms with Gasteiger partial charge in [-0.1, -0.05) is 13.8 Å². The number of hydrogen-bond donors (Lipinski definition) is 1. The van der Waals surface area contributed by atoms with E-state index in [1.54, 1.807) is 12.3 Å². The van der Waals surface area contributed by atoms with Crippen molar-refractivity contribution in [2.75, 3.05) is 13.2 Å². The van der Waals surface area contributed by atoms with E-state index in [9.17, 15) is 9.59 Å². The fraction of sp³-hybridized carbons (Fsp3) is 0.667. The molecule has 1 rings (SSSR count). The van der Waals surface area contributed by atoms with Gasteiger partial charge < -0.3 is 14.8 Å². The molecule has 1 aromatic rings. The molecule has 0 unspecified atom stereocenters. The van der Waals surface area contributed by atoms with E-state index in [0.29, 0.717) is 18.8 Å². The Bertz CT molecular complexity index is 532. The number of carbonyl (C=O) groups excluding carboxylic acids is 2. The van der Waals surface area contributed by atoms with Crippen molar-refractivity contribution in [2.45, 2.75) is 52.6 Å². The predicted octanol–water partition coefficient (Wildman–Crippen LogP) is 3.12. The SMILES string of the molecule is CCOC(=O)c1csc(C(C)(C)CNC(=O)OC(C)(C)C)n1. The molecule has 0 fully saturated rings. The molecule has 1 aromatic heterocycles. The van der Waals surface area contributed by atoms with Crippen LogP contribution in [0.4, 0.5) is 4.79 Å². The summed E-state index contributed by atoms with van der Waals surface area (Å²) in [6.07, 6.45) is -0.470. The summed E-state index contributed by atoms with van der Waals surface area (Å²) >= 11 is 1.37. The zero-order valence-electron chi connectivity index (χ0n) is 14.0. The highest BCUT2D eigenvalue weighted by molar-refractivity contribution is 7.10. The molecule has 0 aliphatic carbocycles. The van der Waals surface area contributed by atoms with Crippen LogP contribution in [0.2, 0.25) is 0 Å². The largest absolute Gasteiger partial charge is 0.461 e. The molecule has 124 valence electrons. The molecule has 0 spiro atoms. The normalized spacial score (nSPS) is 11.9. The lowest BCUT2D eigenvalue weighted by Crippen LogP contribution is -2.39. The Kier molecular flexibility index (Phi) is 5.93. The zero-order chi connectivity index (χ0) is 17.0. The third kappa shape index (κ3) is 5.63. The quantitative estimate of drug-likeness (QED) is 0.840. The molecule has 0 saturated carbocycles. The molecular formula is C15H24N2O4S. The Morgan fingerprint density at radius 1 is 1.27 bits per heavy atom. The van der Waals surface area contributed by atoms with Gasteiger partial charge in [-0.05, 0) is 27.7 Å². The number of hydrogen-bond acceptors (Lipinski definition) is 6. The smallest absolute Gasteiger partial charge is 0.407 e. The van der Waals surface area contributed by atoms with Gasteiger partial charge in [-0.25, -0.2) is 14.6 Å². The second kappa shape index (κ2) is 7.09. The molecule has 22 heavy (non-hydrogen) atoms. The van der Waals surface area contributed by atoms with Crippen molar-refractivity contribution in [3.05, 3.63) is 16.1 Å². The lowest BCUT2D eigenvalue weighted by molar-refractivity contribution is 0.0505. The minimum atomic E-state index is -0.535. The van der Waals surface area contributed by atoms with Crippen molar-refractivity contribution in [1.29, 1.82) is 0 Å². The summed E-state index contributed by atoms with van der Waals surface area (Å²) in [5.41, 5.74) is -0.647. The third-order valence-corrected chi connectivity index (χ3v) is 3.85. The number of ether oxygens (including phenoxy) is 2. The maximum absolute atomic E-state index is 11.7. The van der Waals surface area contributed by atoms with E-state index in [1.165, 1.54) is 11.3 Å². The lowest BCUT2D eigenvalue weighted by atomic mass is 9.94. The first-order valence-electron chi connectivity index (χ1n) is 7.15. The van der Waals surface area contributed by atoms with Gasteiger partial charge in [0.25, 0.3) is 0 Å². The van der Waals surface area contributed by atoms with Crippen LogP contribution in [0.5, 0.6) is 0 Å². The van der Waals surface area contributed by atoms with Crippen LogP contribution in [-0.2, 0) is 14.9 Å². The average molecular weight is 328 g/mol. The Balaban J connectivity index is 2.66. The molecule has 0 aliphatic heterocycles. The number of thiazole rings is 1. The fourth-order valence-corrected chi connectivity index (χ4v) is 2.48. The van der Waals surface area contributed by atoms with Crippen molar-refractivity contribution in [1.82, 2.24) is 10.3 Å². The Labute approximate surface area is 135 Å². The van der Waals surface area contributed by atoms with Crippen LogP contribution in [0.3, 0.4) is 0 Å². The molecule has 0 bridgehead atoms. The van der Waals surface area contributed by atoms with Crippen LogP contribution in [0, 0.1) is 0 Å². The van der Waals surface area contributed by atoms with Gasteiger partial charge in [0.15, 0.2) is 5.69 Å². The van der Waals surface area contributed by atoms with E-state index in [2.05, 4.69) is 10.3 Å². The first kappa shape index (κ1) is 18.4. The summed E-state index contributed by atoms with van der Waals surface area (Å²) in [6.45, 7) is 11.7. The molecule has 0 aliphatic rings. The summed E-state index contributed by atoms with van der Waals surface area (Å²) in [5, 5.41) is 5.16. The van der Waals surface area contributed by atoms with Crippen LogP contribution in [0.25, 0.3) is 0 Å². The molecule has 0 saturated heterocycles. The Hall–Kier alpha value is -1.63. The van der Waals surface area contributed by atoms with Crippen LogP contribution in [-0.4, -0.2) is 35.8 Å². The van der Waals surface area contributed by atoms with Crippen molar-refractivity contribution in [3.8, 4) is 0 Å². The topological polar surface area (TPSA) is 77.5 Å². The van der Waals surface area contributed by atoms with Gasteiger partial charge >= 0.3 is 12.1 Å². The molecule has 1 N–H and O–H groups in total. The zero-order valence-corrected chi connectivity index (χ0v) is 14.8. The van der Waals surface area contributed by atoms with Crippen molar-refractivity contribution in [3.63, 3.8) is 0 Å². The third-order valence-electron chi connectivity index (χ3n) is 2.64. The minimum absolute atomic E-state index is 0.298. The van der Waals surface area contributed by atoms with Crippen LogP contribution >= 0.6 is 11.3 Å². The standard InChI is InChI=1S/C15H24N2O4S/c1-7-20-11(18)10-8-22-12(17-10)15(5,6)9-16-13(19)21-14(2,3)4/h8H,7,9H2,1-6H3,(H,16,19). The molecule has 7 heteroatoms. The van der Waals surface area contributed by atoms with Crippen molar-refractivity contribution < 1.29 is 19.1 Å². The summed E-state index contributed by atoms with van der Waals surface area (Å²) < 4.78 is 10.1. The average Bonchev–Trinajstić information content (AvgIpc) is 2.85. The van der Waals surface area contributed by atoms with E-state index in [-0.39, 0.29) is 0 Å². The Morgan fingerprint density at radius 3 is 2.45 bits per heavy atom. The fourth-order valence-electron chi connectivity index (χ4n) is 1.57. The molecule has 0 radical (unpaired) electrons. The molecule has 1 amide bonds. The second-order valence-corrected chi connectivity index (χ2v) is 7.36. The van der Waals surface area contributed by atoms with Gasteiger partial charge in [0, 0.05) is 17.3 Å². The molecule has 6 nitrogen and oxygen atoms in total. The number of aromatic nitrogens is 1. The lowest BCUT2D eigenvalue weighted by Gasteiger charge is -2.24. The van der Waals surface area contributed by atoms with E-state index in [1.807, 2.05) is 34.6 Å². The highest BCUT2D eigenvalue weighted by Gasteiger charge is 2.27. The molecule has 0 aromatic carbocycles. The van der Waals surface area contributed by atoms with Crippen LogP contribution in [0.1, 0.15) is 57.0 Å². The van der Waals surface area contributed by atoms with Crippen molar-refractivity contribution >= 4 is 23.4 Å². The van der Waals surface area contributed by atoms with Crippen LogP contribution < -0.4 is 5.32 Å². The minimum Gasteiger partial charge on any atom is -0.461 e. The van der Waals surface area contributed by atoms with E-state index in [4.69, 9.17) is 9.47 Å². The van der Waals surface area contributed by atoms with Gasteiger partial charge in [0.2, 0.25) is 0 Å². The van der Waals surface area contributed by atoms with Crippen LogP contribution in [0.15, 0.2) is 5.38 Å². The van der Waals surface area contributed by atoms with Gasteiger partial charge in [-0.2, -0.15) is 0 Å². The number of amides is 1. The number of nitrogens with one attached hydrogen (secondary N) is 1. The number of carbonyl (C=O) groups is 2. The highest BCUT2D eigenvalue weighted by Crippen LogP contribution is 2.26. The number of rotatable bonds is 5. The summed E-state index contributed by atoms with van der Waals surface area (Å²) in [7, 11) is 0. The molecule has 1 heterocycles. The summed E-state index contributed by atoms with van der Waals surface area (Å²) in [5.74, 6) is -0.430. The monoisotopic (exact) mass is 328 g/mol. The Morgan fingerprint density at radius 2 is 1.91 bits per heavy atom. The van der Waals surface area contributed by atoms with Crippen molar-refractivity contribution in [2.24, 2.45) is 0 Å².